The molecule has 5 nitrogen and oxygen atoms in total. The first-order chi connectivity index (χ1) is 9.49. The average Bonchev–Trinajstić information content (AvgIpc) is 2.40. The van der Waals surface area contributed by atoms with Crippen LogP contribution in [0.3, 0.4) is 0 Å². The van der Waals surface area contributed by atoms with E-state index in [4.69, 9.17) is 22.7 Å². The summed E-state index contributed by atoms with van der Waals surface area (Å²) in [5.74, 6) is 0.489. The molecule has 116 valence electrons. The molecule has 0 radical (unpaired) electrons. The monoisotopic (exact) mass is 301 g/mol. The molecule has 0 spiro atoms. The first-order valence-corrected chi connectivity index (χ1v) is 7.70. The van der Waals surface area contributed by atoms with E-state index in [1.54, 1.807) is 7.11 Å². The maximum Gasteiger partial charge on any atom is 0.223 e. The molecule has 1 aliphatic heterocycles. The molecule has 2 unspecified atom stereocenters. The topological polar surface area (TPSA) is 58.8 Å². The van der Waals surface area contributed by atoms with Crippen LogP contribution in [0.4, 0.5) is 0 Å². The molecule has 0 aromatic carbocycles. The Morgan fingerprint density at radius 3 is 2.40 bits per heavy atom. The maximum atomic E-state index is 12.2. The van der Waals surface area contributed by atoms with Crippen LogP contribution in [-0.4, -0.2) is 66.6 Å². The van der Waals surface area contributed by atoms with Crippen molar-refractivity contribution in [2.75, 3.05) is 39.9 Å². The standard InChI is InChI=1S/C14H27N3O2S/c1-4-12(14(15)20)16-5-7-17(8-6-16)13(18)9-11(2)10-19-3/h11-12H,4-10H2,1-3H3,(H2,15,20). The van der Waals surface area contributed by atoms with E-state index < -0.39 is 0 Å². The number of methoxy groups -OCH3 is 1. The molecule has 0 aromatic rings. The van der Waals surface area contributed by atoms with Gasteiger partial charge in [0.05, 0.1) is 11.0 Å². The Balaban J connectivity index is 2.41. The first-order valence-electron chi connectivity index (χ1n) is 7.29. The number of rotatable bonds is 7. The van der Waals surface area contributed by atoms with Gasteiger partial charge in [0.1, 0.15) is 0 Å². The summed E-state index contributed by atoms with van der Waals surface area (Å²) in [6.45, 7) is 7.98. The van der Waals surface area contributed by atoms with Gasteiger partial charge in [0.15, 0.2) is 0 Å². The second-order valence-electron chi connectivity index (χ2n) is 5.51. The van der Waals surface area contributed by atoms with Crippen LogP contribution in [0, 0.1) is 5.92 Å². The number of piperazine rings is 1. The van der Waals surface area contributed by atoms with Gasteiger partial charge in [-0.15, -0.1) is 0 Å². The van der Waals surface area contributed by atoms with Gasteiger partial charge >= 0.3 is 0 Å². The number of hydrogen-bond acceptors (Lipinski definition) is 4. The number of amides is 1. The van der Waals surface area contributed by atoms with E-state index in [1.165, 1.54) is 0 Å². The third kappa shape index (κ3) is 5.00. The van der Waals surface area contributed by atoms with Gasteiger partial charge in [0.2, 0.25) is 5.91 Å². The Labute approximate surface area is 127 Å². The summed E-state index contributed by atoms with van der Waals surface area (Å²) in [5.41, 5.74) is 5.77. The highest BCUT2D eigenvalue weighted by Crippen LogP contribution is 2.12. The van der Waals surface area contributed by atoms with E-state index in [0.29, 0.717) is 18.0 Å². The molecule has 1 aliphatic rings. The van der Waals surface area contributed by atoms with Crippen LogP contribution in [0.25, 0.3) is 0 Å². The predicted octanol–water partition coefficient (Wildman–Crippen LogP) is 0.868. The molecule has 2 atom stereocenters. The molecule has 0 bridgehead atoms. The third-order valence-electron chi connectivity index (χ3n) is 3.80. The Bertz CT molecular complexity index is 330. The van der Waals surface area contributed by atoms with Gasteiger partial charge in [-0.2, -0.15) is 0 Å². The number of thiocarbonyl (C=S) groups is 1. The fraction of sp³-hybridized carbons (Fsp3) is 0.857. The van der Waals surface area contributed by atoms with Gasteiger partial charge in [-0.3, -0.25) is 9.69 Å². The van der Waals surface area contributed by atoms with Crippen molar-refractivity contribution in [2.24, 2.45) is 11.7 Å². The van der Waals surface area contributed by atoms with Crippen molar-refractivity contribution < 1.29 is 9.53 Å². The number of nitrogens with zero attached hydrogens (tertiary/aromatic N) is 2. The molecular weight excluding hydrogens is 274 g/mol. The number of carbonyl (C=O) groups is 1. The molecule has 0 aliphatic carbocycles. The van der Waals surface area contributed by atoms with Crippen molar-refractivity contribution in [3.8, 4) is 0 Å². The molecule has 0 aromatic heterocycles. The normalized spacial score (nSPS) is 19.6. The van der Waals surface area contributed by atoms with E-state index in [-0.39, 0.29) is 17.9 Å². The average molecular weight is 301 g/mol. The quantitative estimate of drug-likeness (QED) is 0.707. The van der Waals surface area contributed by atoms with E-state index in [2.05, 4.69) is 11.8 Å². The van der Waals surface area contributed by atoms with Crippen molar-refractivity contribution in [2.45, 2.75) is 32.7 Å². The molecule has 1 saturated heterocycles. The van der Waals surface area contributed by atoms with Crippen molar-refractivity contribution in [3.63, 3.8) is 0 Å². The minimum absolute atomic E-state index is 0.162. The van der Waals surface area contributed by atoms with E-state index in [0.717, 1.165) is 32.6 Å². The SMILES string of the molecule is CCC(C(N)=S)N1CCN(C(=O)CC(C)COC)CC1. The molecule has 0 saturated carbocycles. The highest BCUT2D eigenvalue weighted by Gasteiger charge is 2.26. The van der Waals surface area contributed by atoms with Gasteiger partial charge in [-0.1, -0.05) is 26.1 Å². The summed E-state index contributed by atoms with van der Waals surface area (Å²) in [7, 11) is 1.67. The lowest BCUT2D eigenvalue weighted by atomic mass is 10.1. The first kappa shape index (κ1) is 17.3. The van der Waals surface area contributed by atoms with Crippen LogP contribution in [0.15, 0.2) is 0 Å². The number of carbonyl (C=O) groups excluding carboxylic acids is 1. The molecule has 1 heterocycles. The van der Waals surface area contributed by atoms with Crippen molar-refractivity contribution in [1.82, 2.24) is 9.80 Å². The molecule has 6 heteroatoms. The Kier molecular flexibility index (Phi) is 7.40. The van der Waals surface area contributed by atoms with Crippen LogP contribution >= 0.6 is 12.2 Å². The summed E-state index contributed by atoms with van der Waals surface area (Å²) in [6, 6.07) is 0.162. The van der Waals surface area contributed by atoms with Crippen LogP contribution in [0.5, 0.6) is 0 Å². The Morgan fingerprint density at radius 2 is 1.95 bits per heavy atom. The fourth-order valence-electron chi connectivity index (χ4n) is 2.69. The minimum atomic E-state index is 0.162. The molecular formula is C14H27N3O2S. The third-order valence-corrected chi connectivity index (χ3v) is 4.07. The second-order valence-corrected chi connectivity index (χ2v) is 5.98. The fourth-order valence-corrected chi connectivity index (χ4v) is 3.01. The Morgan fingerprint density at radius 1 is 1.35 bits per heavy atom. The van der Waals surface area contributed by atoms with Gasteiger partial charge < -0.3 is 15.4 Å². The lowest BCUT2D eigenvalue weighted by Gasteiger charge is -2.39. The van der Waals surface area contributed by atoms with Gasteiger partial charge in [0, 0.05) is 46.3 Å². The largest absolute Gasteiger partial charge is 0.392 e. The zero-order chi connectivity index (χ0) is 15.1. The Hall–Kier alpha value is -0.720. The lowest BCUT2D eigenvalue weighted by molar-refractivity contribution is -0.134. The van der Waals surface area contributed by atoms with E-state index >= 15 is 0 Å². The molecule has 2 N–H and O–H groups in total. The maximum absolute atomic E-state index is 12.2. The minimum Gasteiger partial charge on any atom is -0.392 e. The molecule has 20 heavy (non-hydrogen) atoms. The number of hydrogen-bond donors (Lipinski definition) is 1. The van der Waals surface area contributed by atoms with Crippen LogP contribution in [-0.2, 0) is 9.53 Å². The zero-order valence-electron chi connectivity index (χ0n) is 12.8. The van der Waals surface area contributed by atoms with Crippen molar-refractivity contribution in [1.29, 1.82) is 0 Å². The van der Waals surface area contributed by atoms with Crippen molar-refractivity contribution in [3.05, 3.63) is 0 Å². The van der Waals surface area contributed by atoms with Gasteiger partial charge in [-0.25, -0.2) is 0 Å². The predicted molar refractivity (Wildman–Crippen MR) is 84.7 cm³/mol. The van der Waals surface area contributed by atoms with Crippen LogP contribution in [0.2, 0.25) is 0 Å². The molecule has 1 amide bonds. The van der Waals surface area contributed by atoms with Gasteiger partial charge in [-0.05, 0) is 12.3 Å². The van der Waals surface area contributed by atoms with E-state index in [9.17, 15) is 4.79 Å². The summed E-state index contributed by atoms with van der Waals surface area (Å²) in [4.78, 5) is 16.9. The lowest BCUT2D eigenvalue weighted by Crippen LogP contribution is -2.54. The summed E-state index contributed by atoms with van der Waals surface area (Å²) in [6.07, 6.45) is 1.48. The molecule has 1 fully saturated rings. The highest BCUT2D eigenvalue weighted by molar-refractivity contribution is 7.80. The summed E-state index contributed by atoms with van der Waals surface area (Å²) < 4.78 is 5.07. The number of nitrogens with two attached hydrogens (primary N) is 1. The summed E-state index contributed by atoms with van der Waals surface area (Å²) in [5, 5.41) is 0. The van der Waals surface area contributed by atoms with E-state index in [1.807, 2.05) is 11.8 Å². The number of ether oxygens (including phenoxy) is 1. The summed E-state index contributed by atoms with van der Waals surface area (Å²) >= 11 is 5.11. The van der Waals surface area contributed by atoms with Gasteiger partial charge in [0.25, 0.3) is 0 Å². The van der Waals surface area contributed by atoms with Crippen LogP contribution < -0.4 is 5.73 Å². The van der Waals surface area contributed by atoms with Crippen LogP contribution in [0.1, 0.15) is 26.7 Å². The zero-order valence-corrected chi connectivity index (χ0v) is 13.6. The highest BCUT2D eigenvalue weighted by atomic mass is 32.1. The molecule has 1 rings (SSSR count). The smallest absolute Gasteiger partial charge is 0.223 e. The second kappa shape index (κ2) is 8.54. The van der Waals surface area contributed by atoms with Crippen molar-refractivity contribution >= 4 is 23.1 Å².